The number of hydrogen-bond acceptors (Lipinski definition) is 2. The molecule has 160 valence electrons. The molecule has 1 aliphatic heterocycles. The van der Waals surface area contributed by atoms with E-state index in [0.717, 1.165) is 36.5 Å². The van der Waals surface area contributed by atoms with Gasteiger partial charge in [0.2, 0.25) is 0 Å². The summed E-state index contributed by atoms with van der Waals surface area (Å²) in [4.78, 5) is 4.38. The van der Waals surface area contributed by atoms with Crippen LogP contribution < -0.4 is 5.32 Å². The van der Waals surface area contributed by atoms with Gasteiger partial charge >= 0.3 is 0 Å². The van der Waals surface area contributed by atoms with Crippen LogP contribution in [0.1, 0.15) is 49.9 Å². The summed E-state index contributed by atoms with van der Waals surface area (Å²) in [5.41, 5.74) is 7.42. The van der Waals surface area contributed by atoms with Crippen LogP contribution in [-0.2, 0) is 12.8 Å². The number of nitrogens with zero attached hydrogens (tertiary/aromatic N) is 1. The summed E-state index contributed by atoms with van der Waals surface area (Å²) in [5, 5.41) is 3.12. The minimum absolute atomic E-state index is 0.151. The van der Waals surface area contributed by atoms with Crippen molar-refractivity contribution in [3.05, 3.63) is 94.5 Å². The molecule has 1 heterocycles. The Hall–Kier alpha value is -2.68. The first-order chi connectivity index (χ1) is 14.0. The van der Waals surface area contributed by atoms with Crippen LogP contribution in [0.4, 0.5) is 4.39 Å². The monoisotopic (exact) mass is 406 g/mol. The lowest BCUT2D eigenvalue weighted by Gasteiger charge is -2.18. The molecule has 1 aliphatic rings. The van der Waals surface area contributed by atoms with Gasteiger partial charge in [-0.1, -0.05) is 63.2 Å². The highest BCUT2D eigenvalue weighted by Gasteiger charge is 2.20. The first-order valence-electron chi connectivity index (χ1n) is 10.5. The van der Waals surface area contributed by atoms with Gasteiger partial charge in [0.05, 0.1) is 6.54 Å². The third-order valence-electron chi connectivity index (χ3n) is 5.14. The first kappa shape index (κ1) is 23.6. The van der Waals surface area contributed by atoms with Crippen LogP contribution in [0.15, 0.2) is 71.4 Å². The van der Waals surface area contributed by atoms with E-state index in [0.29, 0.717) is 0 Å². The van der Waals surface area contributed by atoms with E-state index in [9.17, 15) is 4.39 Å². The van der Waals surface area contributed by atoms with Gasteiger partial charge in [0.1, 0.15) is 11.7 Å². The number of halogens is 1. The van der Waals surface area contributed by atoms with E-state index in [-0.39, 0.29) is 11.2 Å². The largest absolute Gasteiger partial charge is 0.345 e. The highest BCUT2D eigenvalue weighted by molar-refractivity contribution is 5.96. The molecule has 0 spiro atoms. The Morgan fingerprint density at radius 3 is 2.27 bits per heavy atom. The summed E-state index contributed by atoms with van der Waals surface area (Å²) in [7, 11) is 0. The summed E-state index contributed by atoms with van der Waals surface area (Å²) < 4.78 is 13.0. The zero-order valence-electron chi connectivity index (χ0n) is 19.3. The normalized spacial score (nSPS) is 13.2. The van der Waals surface area contributed by atoms with Crippen LogP contribution in [0.25, 0.3) is 0 Å². The molecule has 0 radical (unpaired) electrons. The number of aryl methyl sites for hydroxylation is 4. The number of hydrogen-bond donors (Lipinski definition) is 1. The summed E-state index contributed by atoms with van der Waals surface area (Å²) in [6.07, 6.45) is 4.09. The molecule has 0 fully saturated rings. The highest BCUT2D eigenvalue weighted by atomic mass is 19.1. The maximum atomic E-state index is 13.0. The quantitative estimate of drug-likeness (QED) is 0.599. The third-order valence-corrected chi connectivity index (χ3v) is 5.14. The highest BCUT2D eigenvalue weighted by Crippen LogP contribution is 2.27. The van der Waals surface area contributed by atoms with Crippen LogP contribution in [0.3, 0.4) is 0 Å². The van der Waals surface area contributed by atoms with Crippen molar-refractivity contribution in [2.75, 3.05) is 6.54 Å². The maximum absolute atomic E-state index is 13.0. The Balaban J connectivity index is 0.000000222. The average Bonchev–Trinajstić information content (AvgIpc) is 3.11. The number of nitrogens with one attached hydrogen (secondary N) is 1. The number of aliphatic imine (C=N–C) groups is 1. The van der Waals surface area contributed by atoms with E-state index in [1.807, 2.05) is 19.9 Å². The predicted molar refractivity (Wildman–Crippen MR) is 128 cm³/mol. The standard InChI is InChI=1S/C16H17F.C11H18N2/c1-12-3-5-14(6-4-12)7-8-15-9-10-16(17)11-13(15)2;1-8(2)13-10-6-9(7-12-10)11(3,4)5/h3-6,9-11H,7-8H2,1-2H3;6H,1,7H2,2-5H3,(H,12,13). The number of amidine groups is 1. The van der Waals surface area contributed by atoms with Gasteiger partial charge in [0, 0.05) is 5.70 Å². The minimum atomic E-state index is -0.151. The van der Waals surface area contributed by atoms with Gasteiger partial charge in [0.15, 0.2) is 0 Å². The van der Waals surface area contributed by atoms with Crippen molar-refractivity contribution in [3.8, 4) is 0 Å². The molecule has 2 aromatic rings. The van der Waals surface area contributed by atoms with Crippen molar-refractivity contribution in [2.24, 2.45) is 10.4 Å². The Bertz CT molecular complexity index is 928. The van der Waals surface area contributed by atoms with E-state index < -0.39 is 0 Å². The van der Waals surface area contributed by atoms with Gasteiger partial charge in [-0.3, -0.25) is 4.99 Å². The minimum Gasteiger partial charge on any atom is -0.345 e. The molecule has 0 saturated carbocycles. The molecule has 0 unspecified atom stereocenters. The van der Waals surface area contributed by atoms with Crippen LogP contribution in [-0.4, -0.2) is 12.4 Å². The zero-order valence-corrected chi connectivity index (χ0v) is 19.3. The average molecular weight is 407 g/mol. The van der Waals surface area contributed by atoms with Gasteiger partial charge in [-0.15, -0.1) is 0 Å². The second-order valence-electron chi connectivity index (χ2n) is 9.08. The summed E-state index contributed by atoms with van der Waals surface area (Å²) in [6, 6.07) is 13.6. The van der Waals surface area contributed by atoms with Gasteiger partial charge in [-0.05, 0) is 79.5 Å². The molecule has 30 heavy (non-hydrogen) atoms. The lowest BCUT2D eigenvalue weighted by atomic mass is 9.87. The second kappa shape index (κ2) is 10.4. The van der Waals surface area contributed by atoms with E-state index in [1.165, 1.54) is 28.3 Å². The van der Waals surface area contributed by atoms with Crippen LogP contribution in [0.5, 0.6) is 0 Å². The molecule has 2 nitrogen and oxygen atoms in total. The molecule has 0 aliphatic carbocycles. The molecule has 0 atom stereocenters. The SMILES string of the molecule is C=C(C)NC1=NCC(C(C)(C)C)=C1.Cc1ccc(CCc2ccc(F)cc2C)cc1. The summed E-state index contributed by atoms with van der Waals surface area (Å²) in [6.45, 7) is 17.2. The van der Waals surface area contributed by atoms with E-state index in [4.69, 9.17) is 0 Å². The van der Waals surface area contributed by atoms with Crippen molar-refractivity contribution >= 4 is 5.84 Å². The first-order valence-corrected chi connectivity index (χ1v) is 10.5. The van der Waals surface area contributed by atoms with Gasteiger partial charge in [0.25, 0.3) is 0 Å². The molecule has 2 aromatic carbocycles. The van der Waals surface area contributed by atoms with Crippen LogP contribution >= 0.6 is 0 Å². The molecular formula is C27H35FN2. The van der Waals surface area contributed by atoms with Gasteiger partial charge < -0.3 is 5.32 Å². The second-order valence-corrected chi connectivity index (χ2v) is 9.08. The van der Waals surface area contributed by atoms with Crippen LogP contribution in [0, 0.1) is 25.1 Å². The molecule has 0 amide bonds. The third kappa shape index (κ3) is 7.62. The van der Waals surface area contributed by atoms with Crippen LogP contribution in [0.2, 0.25) is 0 Å². The maximum Gasteiger partial charge on any atom is 0.125 e. The zero-order chi connectivity index (χ0) is 22.3. The van der Waals surface area contributed by atoms with E-state index in [2.05, 4.69) is 74.9 Å². The van der Waals surface area contributed by atoms with Gasteiger partial charge in [-0.25, -0.2) is 4.39 Å². The summed E-state index contributed by atoms with van der Waals surface area (Å²) >= 11 is 0. The van der Waals surface area contributed by atoms with Crippen molar-refractivity contribution in [1.29, 1.82) is 0 Å². The fraction of sp³-hybridized carbons (Fsp3) is 0.370. The number of rotatable bonds is 4. The lowest BCUT2D eigenvalue weighted by Crippen LogP contribution is -2.17. The topological polar surface area (TPSA) is 24.4 Å². The molecule has 0 aromatic heterocycles. The Morgan fingerprint density at radius 1 is 1.07 bits per heavy atom. The fourth-order valence-electron chi connectivity index (χ4n) is 3.15. The molecule has 0 bridgehead atoms. The Kier molecular flexibility index (Phi) is 8.16. The Morgan fingerprint density at radius 2 is 1.73 bits per heavy atom. The number of benzene rings is 2. The van der Waals surface area contributed by atoms with E-state index >= 15 is 0 Å². The van der Waals surface area contributed by atoms with Crippen molar-refractivity contribution in [2.45, 2.75) is 54.4 Å². The van der Waals surface area contributed by atoms with E-state index in [1.54, 1.807) is 6.07 Å². The molecular weight excluding hydrogens is 371 g/mol. The molecule has 0 saturated heterocycles. The van der Waals surface area contributed by atoms with Crippen molar-refractivity contribution in [3.63, 3.8) is 0 Å². The lowest BCUT2D eigenvalue weighted by molar-refractivity contribution is 0.499. The van der Waals surface area contributed by atoms with Crippen molar-refractivity contribution in [1.82, 2.24) is 5.32 Å². The summed E-state index contributed by atoms with van der Waals surface area (Å²) in [5.74, 6) is 0.791. The number of allylic oxidation sites excluding steroid dienone is 1. The smallest absolute Gasteiger partial charge is 0.125 e. The fourth-order valence-corrected chi connectivity index (χ4v) is 3.15. The predicted octanol–water partition coefficient (Wildman–Crippen LogP) is 6.72. The van der Waals surface area contributed by atoms with Gasteiger partial charge in [-0.2, -0.15) is 0 Å². The molecule has 1 N–H and O–H groups in total. The van der Waals surface area contributed by atoms with Crippen molar-refractivity contribution < 1.29 is 4.39 Å². The molecule has 3 heteroatoms. The Labute approximate surface area is 181 Å². The molecule has 3 rings (SSSR count).